The van der Waals surface area contributed by atoms with E-state index >= 15 is 0 Å². The van der Waals surface area contributed by atoms with Crippen LogP contribution in [0.15, 0.2) is 42.5 Å². The van der Waals surface area contributed by atoms with Crippen molar-refractivity contribution in [2.24, 2.45) is 0 Å². The van der Waals surface area contributed by atoms with E-state index in [-0.39, 0.29) is 18.2 Å². The molecule has 2 aliphatic heterocycles. The molecule has 1 unspecified atom stereocenters. The molecule has 1 saturated heterocycles. The minimum Gasteiger partial charge on any atom is -0.491 e. The molecule has 230 valence electrons. The first-order valence-corrected chi connectivity index (χ1v) is 15.4. The lowest BCUT2D eigenvalue weighted by molar-refractivity contribution is -0.125. The Morgan fingerprint density at radius 3 is 2.56 bits per heavy atom. The number of unbranched alkanes of at least 4 members (excludes halogenated alkanes) is 2. The fraction of sp³-hybridized carbons (Fsp3) is 0.529. The second-order valence-corrected chi connectivity index (χ2v) is 11.5. The van der Waals surface area contributed by atoms with Crippen LogP contribution in [0.1, 0.15) is 72.0 Å². The quantitative estimate of drug-likeness (QED) is 0.233. The average Bonchev–Trinajstić information content (AvgIpc) is 3.38. The number of rotatable bonds is 16. The Labute approximate surface area is 255 Å². The zero-order valence-corrected chi connectivity index (χ0v) is 25.5. The number of aldehydes is 1. The summed E-state index contributed by atoms with van der Waals surface area (Å²) in [5.41, 5.74) is 3.44. The minimum atomic E-state index is -0.647. The lowest BCUT2D eigenvalue weighted by Crippen LogP contribution is -2.46. The molecule has 0 bridgehead atoms. The first kappa shape index (κ1) is 32.2. The smallest absolute Gasteiger partial charge is 0.255 e. The molecule has 2 aliphatic rings. The molecule has 43 heavy (non-hydrogen) atoms. The zero-order valence-electron chi connectivity index (χ0n) is 25.5. The Morgan fingerprint density at radius 2 is 1.88 bits per heavy atom. The van der Waals surface area contributed by atoms with Crippen LogP contribution in [0.3, 0.4) is 0 Å². The van der Waals surface area contributed by atoms with Crippen molar-refractivity contribution >= 4 is 18.1 Å². The number of nitriles is 1. The first-order valence-electron chi connectivity index (χ1n) is 15.4. The van der Waals surface area contributed by atoms with Crippen LogP contribution in [0.5, 0.6) is 5.75 Å². The Hall–Kier alpha value is -3.74. The molecular formula is C34H44N4O5. The van der Waals surface area contributed by atoms with Gasteiger partial charge in [0.1, 0.15) is 24.7 Å². The van der Waals surface area contributed by atoms with E-state index in [9.17, 15) is 19.6 Å². The summed E-state index contributed by atoms with van der Waals surface area (Å²) in [5.74, 6) is 0.412. The Kier molecular flexibility index (Phi) is 11.7. The highest BCUT2D eigenvalue weighted by atomic mass is 16.5. The molecule has 9 heteroatoms. The number of nitrogens with zero attached hydrogens (tertiary/aromatic N) is 3. The molecule has 0 spiro atoms. The number of methoxy groups -OCH3 is 1. The molecular weight excluding hydrogens is 544 g/mol. The molecule has 0 aliphatic carbocycles. The molecule has 9 nitrogen and oxygen atoms in total. The van der Waals surface area contributed by atoms with Gasteiger partial charge in [-0.25, -0.2) is 0 Å². The van der Waals surface area contributed by atoms with E-state index in [0.29, 0.717) is 31.7 Å². The summed E-state index contributed by atoms with van der Waals surface area (Å²) in [5, 5.41) is 12.7. The Bertz CT molecular complexity index is 1280. The van der Waals surface area contributed by atoms with Gasteiger partial charge in [0.25, 0.3) is 5.91 Å². The predicted molar refractivity (Wildman–Crippen MR) is 164 cm³/mol. The summed E-state index contributed by atoms with van der Waals surface area (Å²) < 4.78 is 10.7. The molecule has 1 atom stereocenters. The maximum atomic E-state index is 13.2. The largest absolute Gasteiger partial charge is 0.491 e. The molecule has 0 radical (unpaired) electrons. The number of fused-ring (bicyclic) bond motifs is 1. The van der Waals surface area contributed by atoms with Crippen molar-refractivity contribution < 1.29 is 23.9 Å². The van der Waals surface area contributed by atoms with Gasteiger partial charge in [0.15, 0.2) is 0 Å². The maximum absolute atomic E-state index is 13.2. The summed E-state index contributed by atoms with van der Waals surface area (Å²) in [6.45, 7) is 4.26. The van der Waals surface area contributed by atoms with Gasteiger partial charge in [0.2, 0.25) is 5.91 Å². The van der Waals surface area contributed by atoms with Crippen LogP contribution in [0, 0.1) is 11.3 Å². The standard InChI is InChI=1S/C34H44N4O5/c1-36-32(40)31(11-7-21-39)38-24-30-26(9-6-10-29(30)33(38)41)8-4-3-5-18-37-19-16-34(25-35,17-20-37)27-12-14-28(15-13-27)43-23-22-42-2/h6,9-10,12-15,21,31H,3-5,7-8,11,16-20,22-24H2,1-2H3,(H,36,40). The van der Waals surface area contributed by atoms with Crippen molar-refractivity contribution in [3.05, 3.63) is 64.7 Å². The topological polar surface area (TPSA) is 112 Å². The summed E-state index contributed by atoms with van der Waals surface area (Å²) in [4.78, 5) is 40.7. The van der Waals surface area contributed by atoms with Crippen LogP contribution in [0.25, 0.3) is 0 Å². The number of likely N-dealkylation sites (N-methyl/N-ethyl adjacent to an activating group) is 1. The van der Waals surface area contributed by atoms with Crippen LogP contribution in [-0.4, -0.2) is 80.9 Å². The molecule has 2 aromatic rings. The Balaban J connectivity index is 1.23. The number of likely N-dealkylation sites (tertiary alicyclic amines) is 1. The van der Waals surface area contributed by atoms with Gasteiger partial charge in [-0.15, -0.1) is 0 Å². The SMILES string of the molecule is CNC(=O)C(CCC=O)N1Cc2c(CCCCCN3CCC(C#N)(c4ccc(OCCOC)cc4)CC3)cccc2C1=O. The van der Waals surface area contributed by atoms with Crippen LogP contribution >= 0.6 is 0 Å². The van der Waals surface area contributed by atoms with Crippen molar-refractivity contribution in [2.75, 3.05) is 47.0 Å². The van der Waals surface area contributed by atoms with Crippen molar-refractivity contribution in [3.8, 4) is 11.8 Å². The van der Waals surface area contributed by atoms with E-state index in [2.05, 4.69) is 22.4 Å². The normalized spacial score (nSPS) is 16.8. The Morgan fingerprint density at radius 1 is 1.12 bits per heavy atom. The number of nitrogens with one attached hydrogen (secondary N) is 1. The van der Waals surface area contributed by atoms with E-state index in [1.54, 1.807) is 19.1 Å². The molecule has 2 aromatic carbocycles. The van der Waals surface area contributed by atoms with E-state index in [1.807, 2.05) is 36.4 Å². The highest BCUT2D eigenvalue weighted by Crippen LogP contribution is 2.36. The van der Waals surface area contributed by atoms with E-state index in [0.717, 1.165) is 86.9 Å². The average molecular weight is 589 g/mol. The van der Waals surface area contributed by atoms with E-state index < -0.39 is 11.5 Å². The fourth-order valence-corrected chi connectivity index (χ4v) is 6.29. The highest BCUT2D eigenvalue weighted by molar-refractivity contribution is 6.01. The van der Waals surface area contributed by atoms with Crippen molar-refractivity contribution in [2.45, 2.75) is 69.4 Å². The predicted octanol–water partition coefficient (Wildman–Crippen LogP) is 4.03. The van der Waals surface area contributed by atoms with E-state index in [1.165, 1.54) is 0 Å². The number of benzene rings is 2. The molecule has 1 fully saturated rings. The number of hydrogen-bond acceptors (Lipinski definition) is 7. The third-order valence-electron chi connectivity index (χ3n) is 8.88. The minimum absolute atomic E-state index is 0.138. The number of amides is 2. The molecule has 2 heterocycles. The molecule has 4 rings (SSSR count). The van der Waals surface area contributed by atoms with Gasteiger partial charge in [0.05, 0.1) is 18.1 Å². The number of piperidine rings is 1. The summed E-state index contributed by atoms with van der Waals surface area (Å²) in [7, 11) is 3.20. The van der Waals surface area contributed by atoms with Crippen LogP contribution in [0.4, 0.5) is 0 Å². The molecule has 0 aromatic heterocycles. The second kappa shape index (κ2) is 15.6. The van der Waals surface area contributed by atoms with Gasteiger partial charge < -0.3 is 29.4 Å². The highest BCUT2D eigenvalue weighted by Gasteiger charge is 2.37. The van der Waals surface area contributed by atoms with Gasteiger partial charge in [-0.2, -0.15) is 5.26 Å². The molecule has 0 saturated carbocycles. The van der Waals surface area contributed by atoms with Crippen molar-refractivity contribution in [3.63, 3.8) is 0 Å². The van der Waals surface area contributed by atoms with E-state index in [4.69, 9.17) is 9.47 Å². The monoisotopic (exact) mass is 588 g/mol. The third-order valence-corrected chi connectivity index (χ3v) is 8.88. The second-order valence-electron chi connectivity index (χ2n) is 11.5. The van der Waals surface area contributed by atoms with Crippen molar-refractivity contribution in [1.82, 2.24) is 15.1 Å². The van der Waals surface area contributed by atoms with Gasteiger partial charge >= 0.3 is 0 Å². The number of ether oxygens (including phenoxy) is 2. The number of hydrogen-bond donors (Lipinski definition) is 1. The molecule has 2 amide bonds. The summed E-state index contributed by atoms with van der Waals surface area (Å²) >= 11 is 0. The number of aryl methyl sites for hydroxylation is 1. The third kappa shape index (κ3) is 7.81. The number of carbonyl (C=O) groups excluding carboxylic acids is 3. The number of carbonyl (C=O) groups is 3. The summed E-state index contributed by atoms with van der Waals surface area (Å²) in [6, 6.07) is 15.8. The first-order chi connectivity index (χ1) is 21.0. The zero-order chi connectivity index (χ0) is 30.7. The van der Waals surface area contributed by atoms with Gasteiger partial charge in [-0.05, 0) is 93.0 Å². The van der Waals surface area contributed by atoms with Gasteiger partial charge in [-0.1, -0.05) is 30.7 Å². The lowest BCUT2D eigenvalue weighted by Gasteiger charge is -2.37. The fourth-order valence-electron chi connectivity index (χ4n) is 6.29. The lowest BCUT2D eigenvalue weighted by atomic mass is 9.74. The summed E-state index contributed by atoms with van der Waals surface area (Å²) in [6.07, 6.45) is 7.03. The van der Waals surface area contributed by atoms with Gasteiger partial charge in [-0.3, -0.25) is 9.59 Å². The molecule has 1 N–H and O–H groups in total. The van der Waals surface area contributed by atoms with Crippen LogP contribution in [-0.2, 0) is 32.7 Å². The van der Waals surface area contributed by atoms with Crippen molar-refractivity contribution in [1.29, 1.82) is 5.26 Å². The van der Waals surface area contributed by atoms with Crippen LogP contribution in [0.2, 0.25) is 0 Å². The van der Waals surface area contributed by atoms with Gasteiger partial charge in [0, 0.05) is 32.7 Å². The maximum Gasteiger partial charge on any atom is 0.255 e. The van der Waals surface area contributed by atoms with Crippen LogP contribution < -0.4 is 10.1 Å².